The Morgan fingerprint density at radius 2 is 1.44 bits per heavy atom. The number of anilines is 1. The van der Waals surface area contributed by atoms with E-state index in [1.54, 1.807) is 12.1 Å². The molecule has 0 saturated heterocycles. The van der Waals surface area contributed by atoms with Gasteiger partial charge in [0.05, 0.1) is 17.6 Å². The maximum atomic E-state index is 13.8. The fourth-order valence-electron chi connectivity index (χ4n) is 4.38. The van der Waals surface area contributed by atoms with Gasteiger partial charge in [0, 0.05) is 18.2 Å². The number of rotatable bonds is 14. The van der Waals surface area contributed by atoms with Crippen LogP contribution in [0.15, 0.2) is 24.3 Å². The third kappa shape index (κ3) is 8.14. The molecular formula is C28H45FN3O2PS. The molecule has 2 rings (SSSR count). The Hall–Kier alpha value is -1.72. The van der Waals surface area contributed by atoms with Gasteiger partial charge in [-0.3, -0.25) is 0 Å². The highest BCUT2D eigenvalue weighted by atomic mass is 32.2. The lowest BCUT2D eigenvalue weighted by Gasteiger charge is -2.29. The van der Waals surface area contributed by atoms with Gasteiger partial charge >= 0.3 is 0 Å². The zero-order valence-electron chi connectivity index (χ0n) is 23.2. The summed E-state index contributed by atoms with van der Waals surface area (Å²) < 4.78 is 39.7. The summed E-state index contributed by atoms with van der Waals surface area (Å²) in [4.78, 5) is 9.62. The van der Waals surface area contributed by atoms with Gasteiger partial charge in [-0.2, -0.15) is 0 Å². The predicted molar refractivity (Wildman–Crippen MR) is 156 cm³/mol. The molecule has 1 heterocycles. The smallest absolute Gasteiger partial charge is 0.239 e. The normalized spacial score (nSPS) is 12.2. The van der Waals surface area contributed by atoms with Gasteiger partial charge in [-0.25, -0.2) is 27.1 Å². The molecule has 0 fully saturated rings. The molecule has 0 aliphatic carbocycles. The molecule has 0 unspecified atom stereocenters. The third-order valence-corrected chi connectivity index (χ3v) is 12.3. The predicted octanol–water partition coefficient (Wildman–Crippen LogP) is 7.37. The Morgan fingerprint density at radius 1 is 0.944 bits per heavy atom. The van der Waals surface area contributed by atoms with Crippen molar-refractivity contribution in [3.05, 3.63) is 41.3 Å². The number of nitrogens with zero attached hydrogens (tertiary/aromatic N) is 3. The lowest BCUT2D eigenvalue weighted by Crippen LogP contribution is -2.28. The van der Waals surface area contributed by atoms with Crippen LogP contribution in [0.1, 0.15) is 90.3 Å². The number of benzene rings is 1. The molecule has 0 atom stereocenters. The molecule has 2 aromatic rings. The second kappa shape index (κ2) is 13.7. The van der Waals surface area contributed by atoms with Crippen molar-refractivity contribution in [2.24, 2.45) is 0 Å². The first-order valence-electron chi connectivity index (χ1n) is 13.3. The van der Waals surface area contributed by atoms with Gasteiger partial charge < -0.3 is 0 Å². The van der Waals surface area contributed by atoms with E-state index in [0.717, 1.165) is 46.6 Å². The number of hydrogen-bond acceptors (Lipinski definition) is 4. The number of halogens is 1. The summed E-state index contributed by atoms with van der Waals surface area (Å²) in [7, 11) is -2.06. The molecule has 0 N–H and O–H groups in total. The molecule has 5 nitrogen and oxygen atoms in total. The van der Waals surface area contributed by atoms with E-state index in [-0.39, 0.29) is 17.7 Å². The fraction of sp³-hybridized carbons (Fsp3) is 0.607. The lowest BCUT2D eigenvalue weighted by molar-refractivity contribution is 0.599. The lowest BCUT2D eigenvalue weighted by atomic mass is 10.00. The van der Waals surface area contributed by atoms with Crippen LogP contribution in [0, 0.1) is 5.82 Å². The molecule has 8 heteroatoms. The Morgan fingerprint density at radius 3 is 1.86 bits per heavy atom. The Labute approximate surface area is 219 Å². The maximum absolute atomic E-state index is 13.8. The van der Waals surface area contributed by atoms with Crippen LogP contribution in [0.2, 0.25) is 0 Å². The monoisotopic (exact) mass is 537 g/mol. The van der Waals surface area contributed by atoms with E-state index >= 15 is 0 Å². The van der Waals surface area contributed by atoms with Crippen LogP contribution < -0.4 is 4.31 Å². The molecule has 36 heavy (non-hydrogen) atoms. The quantitative estimate of drug-likeness (QED) is 0.236. The first-order valence-corrected chi connectivity index (χ1v) is 17.6. The maximum Gasteiger partial charge on any atom is 0.239 e. The molecule has 202 valence electrons. The van der Waals surface area contributed by atoms with Crippen molar-refractivity contribution in [3.8, 4) is 11.3 Å². The minimum absolute atomic E-state index is 0.0654. The van der Waals surface area contributed by atoms with Gasteiger partial charge in [-0.1, -0.05) is 59.7 Å². The van der Waals surface area contributed by atoms with Crippen molar-refractivity contribution >= 4 is 28.7 Å². The minimum atomic E-state index is -3.54. The van der Waals surface area contributed by atoms with E-state index in [1.807, 2.05) is 0 Å². The molecule has 1 aromatic carbocycles. The average molecular weight is 538 g/mol. The van der Waals surface area contributed by atoms with E-state index in [4.69, 9.17) is 9.97 Å². The summed E-state index contributed by atoms with van der Waals surface area (Å²) in [6.45, 7) is 9.44. The second-order valence-corrected chi connectivity index (χ2v) is 16.2. The van der Waals surface area contributed by atoms with Crippen LogP contribution in [0.3, 0.4) is 0 Å². The second-order valence-electron chi connectivity index (χ2n) is 10.1. The van der Waals surface area contributed by atoms with Crippen LogP contribution in [0.4, 0.5) is 10.3 Å². The van der Waals surface area contributed by atoms with Crippen molar-refractivity contribution < 1.29 is 12.8 Å². The molecule has 0 aliphatic rings. The van der Waals surface area contributed by atoms with Crippen molar-refractivity contribution in [3.63, 3.8) is 0 Å². The van der Waals surface area contributed by atoms with Gasteiger partial charge in [0.2, 0.25) is 16.0 Å². The summed E-state index contributed by atoms with van der Waals surface area (Å²) in [6, 6.07) is 6.33. The summed E-state index contributed by atoms with van der Waals surface area (Å²) in [5.74, 6) is 2.41. The van der Waals surface area contributed by atoms with Gasteiger partial charge in [0.15, 0.2) is 0 Å². The summed E-state index contributed by atoms with van der Waals surface area (Å²) >= 11 is 0. The zero-order valence-corrected chi connectivity index (χ0v) is 24.9. The van der Waals surface area contributed by atoms with Gasteiger partial charge in [-0.15, -0.1) is 6.89 Å². The number of unbranched alkanes of at least 4 members (excludes halogenated alkanes) is 3. The van der Waals surface area contributed by atoms with Crippen LogP contribution in [-0.2, 0) is 10.0 Å². The molecule has 0 radical (unpaired) electrons. The number of aromatic nitrogens is 2. The standard InChI is InChI=1S/C28H45FN3O2PS/c1-8-11-18-35(19-12-9-2,20-13-10-3)21-25-26(22(4)5)30-28(32(6)36(7,33)34)31-27(25)23-14-16-24(29)17-15-23/h14-17,21-22H,8-13,18-20H2,1-7H3. The van der Waals surface area contributed by atoms with Crippen molar-refractivity contribution in [1.29, 1.82) is 0 Å². The van der Waals surface area contributed by atoms with Gasteiger partial charge in [0.1, 0.15) is 5.82 Å². The molecule has 0 saturated carbocycles. The number of hydrogen-bond donors (Lipinski definition) is 0. The summed E-state index contributed by atoms with van der Waals surface area (Å²) in [6.07, 6.45) is 11.8. The van der Waals surface area contributed by atoms with Crippen molar-refractivity contribution in [2.75, 3.05) is 36.1 Å². The Kier molecular flexibility index (Phi) is 11.6. The van der Waals surface area contributed by atoms with E-state index in [0.29, 0.717) is 5.69 Å². The molecule has 1 aromatic heterocycles. The zero-order chi connectivity index (χ0) is 26.9. The van der Waals surface area contributed by atoms with Crippen LogP contribution in [-0.4, -0.2) is 56.0 Å². The van der Waals surface area contributed by atoms with Gasteiger partial charge in [-0.05, 0) is 67.9 Å². The SMILES string of the molecule is CCCCP(=Cc1c(-c2ccc(F)cc2)nc(N(C)S(C)(=O)=O)nc1C(C)C)(CCCC)CCCC. The molecule has 0 amide bonds. The van der Waals surface area contributed by atoms with Crippen molar-refractivity contribution in [1.82, 2.24) is 9.97 Å². The number of sulfonamides is 1. The van der Waals surface area contributed by atoms with E-state index in [2.05, 4.69) is 40.4 Å². The Balaban J connectivity index is 2.97. The highest BCUT2D eigenvalue weighted by molar-refractivity contribution is 7.92. The fourth-order valence-corrected chi connectivity index (χ4v) is 9.46. The molecule has 0 bridgehead atoms. The first-order chi connectivity index (χ1) is 17.0. The van der Waals surface area contributed by atoms with Crippen molar-refractivity contribution in [2.45, 2.75) is 79.1 Å². The first kappa shape index (κ1) is 30.5. The minimum Gasteiger partial charge on any atom is -0.241 e. The van der Waals surface area contributed by atoms with E-state index in [1.165, 1.54) is 56.9 Å². The average Bonchev–Trinajstić information content (AvgIpc) is 2.84. The largest absolute Gasteiger partial charge is 0.241 e. The highest BCUT2D eigenvalue weighted by Gasteiger charge is 2.25. The highest BCUT2D eigenvalue weighted by Crippen LogP contribution is 2.51. The Bertz CT molecular complexity index is 1120. The van der Waals surface area contributed by atoms with Crippen LogP contribution in [0.5, 0.6) is 0 Å². The summed E-state index contributed by atoms with van der Waals surface area (Å²) in [5.41, 5.74) is 3.31. The molecule has 0 spiro atoms. The van der Waals surface area contributed by atoms with E-state index < -0.39 is 16.9 Å². The topological polar surface area (TPSA) is 63.2 Å². The summed E-state index contributed by atoms with van der Waals surface area (Å²) in [5, 5.41) is 0. The molecular weight excluding hydrogens is 492 g/mol. The molecule has 0 aliphatic heterocycles. The third-order valence-electron chi connectivity index (χ3n) is 6.68. The van der Waals surface area contributed by atoms with E-state index in [9.17, 15) is 12.8 Å². The van der Waals surface area contributed by atoms with Crippen LogP contribution in [0.25, 0.3) is 11.3 Å². The van der Waals surface area contributed by atoms with Crippen LogP contribution >= 0.6 is 6.89 Å². The van der Waals surface area contributed by atoms with Gasteiger partial charge in [0.25, 0.3) is 0 Å².